The molecule has 0 aromatic heterocycles. The van der Waals surface area contributed by atoms with Gasteiger partial charge < -0.3 is 10.8 Å². The first-order valence-electron chi connectivity index (χ1n) is 4.90. The Bertz CT molecular complexity index is 349. The molecule has 0 aliphatic rings. The molecule has 0 aliphatic carbocycles. The number of halogens is 3. The smallest absolute Gasteiger partial charge is 0.379 e. The SMILES string of the molecule is CC(N)Cc1cccc(C(O)C(F)(F)F)c1. The van der Waals surface area contributed by atoms with E-state index in [-0.39, 0.29) is 11.6 Å². The molecule has 5 heteroatoms. The summed E-state index contributed by atoms with van der Waals surface area (Å²) in [7, 11) is 0. The maximum atomic E-state index is 12.3. The Hall–Kier alpha value is -1.07. The van der Waals surface area contributed by atoms with Crippen molar-refractivity contribution in [2.75, 3.05) is 0 Å². The van der Waals surface area contributed by atoms with Crippen molar-refractivity contribution in [1.82, 2.24) is 0 Å². The molecule has 1 aromatic rings. The second kappa shape index (κ2) is 4.84. The molecule has 0 radical (unpaired) electrons. The molecule has 16 heavy (non-hydrogen) atoms. The fraction of sp³-hybridized carbons (Fsp3) is 0.455. The highest BCUT2D eigenvalue weighted by molar-refractivity contribution is 5.26. The maximum Gasteiger partial charge on any atom is 0.418 e. The van der Waals surface area contributed by atoms with Crippen LogP contribution in [0.15, 0.2) is 24.3 Å². The molecule has 2 atom stereocenters. The molecule has 0 bridgehead atoms. The van der Waals surface area contributed by atoms with Gasteiger partial charge in [-0.15, -0.1) is 0 Å². The van der Waals surface area contributed by atoms with E-state index in [0.717, 1.165) is 0 Å². The maximum absolute atomic E-state index is 12.3. The van der Waals surface area contributed by atoms with Crippen LogP contribution in [0.1, 0.15) is 24.2 Å². The summed E-state index contributed by atoms with van der Waals surface area (Å²) < 4.78 is 36.8. The Labute approximate surface area is 91.9 Å². The van der Waals surface area contributed by atoms with E-state index in [1.807, 2.05) is 0 Å². The van der Waals surface area contributed by atoms with Crippen LogP contribution in [-0.2, 0) is 6.42 Å². The quantitative estimate of drug-likeness (QED) is 0.840. The molecule has 0 aliphatic heterocycles. The molecule has 0 heterocycles. The van der Waals surface area contributed by atoms with Gasteiger partial charge in [-0.05, 0) is 24.5 Å². The number of rotatable bonds is 3. The molecule has 0 saturated heterocycles. The van der Waals surface area contributed by atoms with E-state index in [1.165, 1.54) is 18.2 Å². The van der Waals surface area contributed by atoms with Crippen LogP contribution in [0.5, 0.6) is 0 Å². The molecule has 0 saturated carbocycles. The zero-order chi connectivity index (χ0) is 12.3. The monoisotopic (exact) mass is 233 g/mol. The molecule has 1 rings (SSSR count). The highest BCUT2D eigenvalue weighted by atomic mass is 19.4. The van der Waals surface area contributed by atoms with Crippen LogP contribution in [0.3, 0.4) is 0 Å². The molecular formula is C11H14F3NO. The largest absolute Gasteiger partial charge is 0.418 e. The average molecular weight is 233 g/mol. The van der Waals surface area contributed by atoms with Crippen molar-refractivity contribution in [3.63, 3.8) is 0 Å². The average Bonchev–Trinajstić information content (AvgIpc) is 2.14. The highest BCUT2D eigenvalue weighted by Crippen LogP contribution is 2.32. The van der Waals surface area contributed by atoms with Crippen LogP contribution in [-0.4, -0.2) is 17.3 Å². The van der Waals surface area contributed by atoms with Crippen molar-refractivity contribution in [3.05, 3.63) is 35.4 Å². The Morgan fingerprint density at radius 1 is 1.38 bits per heavy atom. The van der Waals surface area contributed by atoms with Crippen molar-refractivity contribution in [1.29, 1.82) is 0 Å². The predicted octanol–water partition coefficient (Wildman–Crippen LogP) is 2.17. The summed E-state index contributed by atoms with van der Waals surface area (Å²) in [4.78, 5) is 0. The molecule has 3 N–H and O–H groups in total. The number of hydrogen-bond donors (Lipinski definition) is 2. The molecule has 0 amide bonds. The zero-order valence-corrected chi connectivity index (χ0v) is 8.83. The summed E-state index contributed by atoms with van der Waals surface area (Å²) in [6.45, 7) is 1.77. The summed E-state index contributed by atoms with van der Waals surface area (Å²) in [5, 5.41) is 9.06. The van der Waals surface area contributed by atoms with Gasteiger partial charge in [0.15, 0.2) is 6.10 Å². The number of aliphatic hydroxyl groups is 1. The number of nitrogens with two attached hydrogens (primary N) is 1. The zero-order valence-electron chi connectivity index (χ0n) is 8.83. The lowest BCUT2D eigenvalue weighted by Crippen LogP contribution is -2.21. The first-order chi connectivity index (χ1) is 7.30. The molecule has 0 spiro atoms. The fourth-order valence-corrected chi connectivity index (χ4v) is 1.45. The van der Waals surface area contributed by atoms with E-state index >= 15 is 0 Å². The van der Waals surface area contributed by atoms with Gasteiger partial charge in [-0.1, -0.05) is 24.3 Å². The Morgan fingerprint density at radius 3 is 2.50 bits per heavy atom. The Morgan fingerprint density at radius 2 is 2.00 bits per heavy atom. The second-order valence-electron chi connectivity index (χ2n) is 3.87. The van der Waals surface area contributed by atoms with Crippen LogP contribution in [0, 0.1) is 0 Å². The van der Waals surface area contributed by atoms with Gasteiger partial charge in [0, 0.05) is 6.04 Å². The van der Waals surface area contributed by atoms with Gasteiger partial charge in [-0.2, -0.15) is 13.2 Å². The molecule has 2 nitrogen and oxygen atoms in total. The Kier molecular flexibility index (Phi) is 3.93. The number of aliphatic hydroxyl groups excluding tert-OH is 1. The predicted molar refractivity (Wildman–Crippen MR) is 54.8 cm³/mol. The topological polar surface area (TPSA) is 46.2 Å². The van der Waals surface area contributed by atoms with E-state index < -0.39 is 12.3 Å². The molecule has 2 unspecified atom stereocenters. The number of benzene rings is 1. The van der Waals surface area contributed by atoms with E-state index in [2.05, 4.69) is 0 Å². The Balaban J connectivity index is 2.90. The number of alkyl halides is 3. The van der Waals surface area contributed by atoms with Crippen molar-refractivity contribution in [3.8, 4) is 0 Å². The summed E-state index contributed by atoms with van der Waals surface area (Å²) in [5.74, 6) is 0. The summed E-state index contributed by atoms with van der Waals surface area (Å²) >= 11 is 0. The normalized spacial score (nSPS) is 15.9. The summed E-state index contributed by atoms with van der Waals surface area (Å²) in [6, 6.07) is 5.64. The van der Waals surface area contributed by atoms with Gasteiger partial charge >= 0.3 is 6.18 Å². The van der Waals surface area contributed by atoms with Gasteiger partial charge in [-0.25, -0.2) is 0 Å². The lowest BCUT2D eigenvalue weighted by atomic mass is 10.0. The van der Waals surface area contributed by atoms with Gasteiger partial charge in [0.05, 0.1) is 0 Å². The third-order valence-corrected chi connectivity index (χ3v) is 2.13. The van der Waals surface area contributed by atoms with Crippen LogP contribution in [0.2, 0.25) is 0 Å². The van der Waals surface area contributed by atoms with E-state index in [4.69, 9.17) is 10.8 Å². The fourth-order valence-electron chi connectivity index (χ4n) is 1.45. The lowest BCUT2D eigenvalue weighted by molar-refractivity contribution is -0.206. The van der Waals surface area contributed by atoms with Crippen LogP contribution >= 0.6 is 0 Å². The standard InChI is InChI=1S/C11H14F3NO/c1-7(15)5-8-3-2-4-9(6-8)10(16)11(12,13)14/h2-4,6-7,10,16H,5,15H2,1H3. The van der Waals surface area contributed by atoms with E-state index in [0.29, 0.717) is 12.0 Å². The van der Waals surface area contributed by atoms with Crippen molar-refractivity contribution < 1.29 is 18.3 Å². The van der Waals surface area contributed by atoms with Crippen LogP contribution in [0.25, 0.3) is 0 Å². The summed E-state index contributed by atoms with van der Waals surface area (Å²) in [5.41, 5.74) is 6.09. The highest BCUT2D eigenvalue weighted by Gasteiger charge is 2.39. The van der Waals surface area contributed by atoms with E-state index in [1.54, 1.807) is 13.0 Å². The minimum Gasteiger partial charge on any atom is -0.379 e. The number of hydrogen-bond acceptors (Lipinski definition) is 2. The van der Waals surface area contributed by atoms with Crippen molar-refractivity contribution in [2.24, 2.45) is 5.73 Å². The lowest BCUT2D eigenvalue weighted by Gasteiger charge is -2.16. The van der Waals surface area contributed by atoms with Crippen molar-refractivity contribution >= 4 is 0 Å². The third kappa shape index (κ3) is 3.50. The first kappa shape index (κ1) is 13.0. The van der Waals surface area contributed by atoms with Crippen molar-refractivity contribution in [2.45, 2.75) is 31.7 Å². The van der Waals surface area contributed by atoms with Crippen LogP contribution in [0.4, 0.5) is 13.2 Å². The molecular weight excluding hydrogens is 219 g/mol. The van der Waals surface area contributed by atoms with Crippen LogP contribution < -0.4 is 5.73 Å². The van der Waals surface area contributed by atoms with Gasteiger partial charge in [0.1, 0.15) is 0 Å². The van der Waals surface area contributed by atoms with Gasteiger partial charge in [0.2, 0.25) is 0 Å². The van der Waals surface area contributed by atoms with Gasteiger partial charge in [-0.3, -0.25) is 0 Å². The minimum absolute atomic E-state index is 0.127. The molecule has 1 aromatic carbocycles. The van der Waals surface area contributed by atoms with Gasteiger partial charge in [0.25, 0.3) is 0 Å². The second-order valence-corrected chi connectivity index (χ2v) is 3.87. The summed E-state index contributed by atoms with van der Waals surface area (Å²) in [6.07, 6.45) is -6.58. The first-order valence-corrected chi connectivity index (χ1v) is 4.90. The minimum atomic E-state index is -4.63. The third-order valence-electron chi connectivity index (χ3n) is 2.13. The van der Waals surface area contributed by atoms with E-state index in [9.17, 15) is 13.2 Å². The molecule has 90 valence electrons. The molecule has 0 fully saturated rings.